The Balaban J connectivity index is 1.67. The largest absolute Gasteiger partial charge is 0.493 e. The highest BCUT2D eigenvalue weighted by molar-refractivity contribution is 6.06. The van der Waals surface area contributed by atoms with Crippen LogP contribution in [0.1, 0.15) is 21.7 Å². The summed E-state index contributed by atoms with van der Waals surface area (Å²) in [6, 6.07) is 19.2. The molecule has 0 unspecified atom stereocenters. The molecule has 0 bridgehead atoms. The Morgan fingerprint density at radius 3 is 2.48 bits per heavy atom. The summed E-state index contributed by atoms with van der Waals surface area (Å²) in [5.74, 6) is 0.997. The van der Waals surface area contributed by atoms with E-state index in [2.05, 4.69) is 4.98 Å². The normalized spacial score (nSPS) is 11.2. The van der Waals surface area contributed by atoms with Crippen LogP contribution in [0, 0.1) is 5.82 Å². The highest BCUT2D eigenvalue weighted by atomic mass is 19.1. The number of rotatable bonds is 7. The van der Waals surface area contributed by atoms with Gasteiger partial charge in [-0.25, -0.2) is 9.37 Å². The van der Waals surface area contributed by atoms with E-state index in [9.17, 15) is 9.18 Å². The van der Waals surface area contributed by atoms with Crippen LogP contribution < -0.4 is 9.47 Å². The molecule has 4 aromatic rings. The number of methoxy groups -OCH3 is 2. The molecule has 1 aromatic heterocycles. The fourth-order valence-electron chi connectivity index (χ4n) is 3.40. The van der Waals surface area contributed by atoms with Gasteiger partial charge in [0.15, 0.2) is 17.3 Å². The lowest BCUT2D eigenvalue weighted by Crippen LogP contribution is -2.09. The van der Waals surface area contributed by atoms with E-state index in [0.717, 1.165) is 22.2 Å². The van der Waals surface area contributed by atoms with Crippen LogP contribution in [0.5, 0.6) is 11.5 Å². The summed E-state index contributed by atoms with van der Waals surface area (Å²) < 4.78 is 25.7. The van der Waals surface area contributed by atoms with Crippen molar-refractivity contribution >= 4 is 22.9 Å². The lowest BCUT2D eigenvalue weighted by atomic mass is 10.1. The molecular weight excluding hydrogens is 395 g/mol. The van der Waals surface area contributed by atoms with Gasteiger partial charge in [0.05, 0.1) is 25.3 Å². The second-order valence-corrected chi connectivity index (χ2v) is 6.95. The second kappa shape index (κ2) is 8.83. The number of imidazole rings is 1. The Morgan fingerprint density at radius 1 is 1.00 bits per heavy atom. The molecule has 0 fully saturated rings. The van der Waals surface area contributed by atoms with Crippen LogP contribution in [0.3, 0.4) is 0 Å². The molecule has 0 saturated heterocycles. The van der Waals surface area contributed by atoms with Crippen molar-refractivity contribution < 1.29 is 18.7 Å². The molecule has 0 aliphatic rings. The Bertz CT molecular complexity index is 1260. The number of ketones is 1. The number of benzene rings is 3. The van der Waals surface area contributed by atoms with Gasteiger partial charge in [0, 0.05) is 6.54 Å². The molecule has 4 rings (SSSR count). The summed E-state index contributed by atoms with van der Waals surface area (Å²) in [5.41, 5.74) is 3.25. The van der Waals surface area contributed by atoms with Gasteiger partial charge in [-0.1, -0.05) is 36.4 Å². The van der Waals surface area contributed by atoms with Gasteiger partial charge < -0.3 is 14.0 Å². The molecule has 0 amide bonds. The SMILES string of the molecule is COc1ccc(/C=C/C(=O)c2nc3ccccc3n2Cc2ccc(F)cc2)cc1OC. The number of halogens is 1. The molecule has 0 spiro atoms. The molecule has 0 aliphatic carbocycles. The van der Waals surface area contributed by atoms with Crippen LogP contribution in [0.2, 0.25) is 0 Å². The number of fused-ring (bicyclic) bond motifs is 1. The van der Waals surface area contributed by atoms with Crippen molar-refractivity contribution in [2.24, 2.45) is 0 Å². The third-order valence-corrected chi connectivity index (χ3v) is 4.96. The van der Waals surface area contributed by atoms with E-state index in [1.165, 1.54) is 18.2 Å². The molecule has 0 atom stereocenters. The zero-order valence-corrected chi connectivity index (χ0v) is 17.2. The van der Waals surface area contributed by atoms with Crippen LogP contribution in [0.4, 0.5) is 4.39 Å². The van der Waals surface area contributed by atoms with Crippen molar-refractivity contribution in [1.29, 1.82) is 0 Å². The van der Waals surface area contributed by atoms with E-state index in [0.29, 0.717) is 23.9 Å². The summed E-state index contributed by atoms with van der Waals surface area (Å²) in [6.45, 7) is 0.409. The summed E-state index contributed by atoms with van der Waals surface area (Å²) >= 11 is 0. The van der Waals surface area contributed by atoms with Gasteiger partial charge in [0.25, 0.3) is 0 Å². The maximum absolute atomic E-state index is 13.3. The van der Waals surface area contributed by atoms with Crippen molar-refractivity contribution in [2.45, 2.75) is 6.54 Å². The minimum atomic E-state index is -0.298. The maximum atomic E-state index is 13.3. The van der Waals surface area contributed by atoms with Gasteiger partial charge in [0.1, 0.15) is 5.82 Å². The number of carbonyl (C=O) groups is 1. The highest BCUT2D eigenvalue weighted by Crippen LogP contribution is 2.28. The third kappa shape index (κ3) is 4.33. The number of allylic oxidation sites excluding steroid dienone is 1. The molecule has 0 N–H and O–H groups in total. The first kappa shape index (κ1) is 20.3. The lowest BCUT2D eigenvalue weighted by Gasteiger charge is -2.08. The van der Waals surface area contributed by atoms with Crippen LogP contribution in [-0.4, -0.2) is 29.6 Å². The Hall–Kier alpha value is -3.93. The third-order valence-electron chi connectivity index (χ3n) is 4.96. The number of ether oxygens (including phenoxy) is 2. The Labute approximate surface area is 179 Å². The zero-order valence-electron chi connectivity index (χ0n) is 17.2. The van der Waals surface area contributed by atoms with Crippen molar-refractivity contribution in [2.75, 3.05) is 14.2 Å². The Morgan fingerprint density at radius 2 is 1.74 bits per heavy atom. The van der Waals surface area contributed by atoms with Crippen molar-refractivity contribution in [3.05, 3.63) is 95.6 Å². The predicted molar refractivity (Wildman–Crippen MR) is 118 cm³/mol. The van der Waals surface area contributed by atoms with Crippen LogP contribution in [-0.2, 0) is 6.54 Å². The zero-order chi connectivity index (χ0) is 21.8. The van der Waals surface area contributed by atoms with Crippen LogP contribution in [0.15, 0.2) is 72.8 Å². The van der Waals surface area contributed by atoms with Gasteiger partial charge in [-0.3, -0.25) is 4.79 Å². The van der Waals surface area contributed by atoms with Gasteiger partial charge in [0.2, 0.25) is 5.78 Å². The average Bonchev–Trinajstić information content (AvgIpc) is 3.17. The molecule has 0 radical (unpaired) electrons. The molecule has 5 nitrogen and oxygen atoms in total. The highest BCUT2D eigenvalue weighted by Gasteiger charge is 2.16. The molecule has 1 heterocycles. The first-order chi connectivity index (χ1) is 15.1. The van der Waals surface area contributed by atoms with Crippen molar-refractivity contribution in [3.8, 4) is 11.5 Å². The Kier molecular flexibility index (Phi) is 5.80. The maximum Gasteiger partial charge on any atom is 0.221 e. The molecule has 0 saturated carbocycles. The minimum Gasteiger partial charge on any atom is -0.493 e. The van der Waals surface area contributed by atoms with Gasteiger partial charge in [-0.05, 0) is 53.6 Å². The fourth-order valence-corrected chi connectivity index (χ4v) is 3.40. The molecule has 31 heavy (non-hydrogen) atoms. The minimum absolute atomic E-state index is 0.229. The number of hydrogen-bond donors (Lipinski definition) is 0. The fraction of sp³-hybridized carbons (Fsp3) is 0.120. The quantitative estimate of drug-likeness (QED) is 0.309. The van der Waals surface area contributed by atoms with E-state index in [1.807, 2.05) is 34.9 Å². The first-order valence-corrected chi connectivity index (χ1v) is 9.73. The topological polar surface area (TPSA) is 53.3 Å². The monoisotopic (exact) mass is 416 g/mol. The van der Waals surface area contributed by atoms with Gasteiger partial charge in [-0.15, -0.1) is 0 Å². The van der Waals surface area contributed by atoms with Crippen molar-refractivity contribution in [3.63, 3.8) is 0 Å². The van der Waals surface area contributed by atoms with E-state index >= 15 is 0 Å². The molecular formula is C25H21FN2O3. The standard InChI is InChI=1S/C25H21FN2O3/c1-30-23-14-10-17(15-24(23)31-2)9-13-22(29)25-27-20-5-3-4-6-21(20)28(25)16-18-7-11-19(26)12-8-18/h3-15H,16H2,1-2H3/b13-9+. The number of carbonyl (C=O) groups excluding carboxylic acids is 1. The molecule has 156 valence electrons. The smallest absolute Gasteiger partial charge is 0.221 e. The second-order valence-electron chi connectivity index (χ2n) is 6.95. The van der Waals surface area contributed by atoms with Crippen LogP contribution >= 0.6 is 0 Å². The van der Waals surface area contributed by atoms with E-state index in [-0.39, 0.29) is 11.6 Å². The average molecular weight is 416 g/mol. The summed E-state index contributed by atoms with van der Waals surface area (Å²) in [5, 5.41) is 0. The van der Waals surface area contributed by atoms with Crippen LogP contribution in [0.25, 0.3) is 17.1 Å². The van der Waals surface area contributed by atoms with E-state index in [4.69, 9.17) is 9.47 Å². The number of para-hydroxylation sites is 2. The van der Waals surface area contributed by atoms with Crippen molar-refractivity contribution in [1.82, 2.24) is 9.55 Å². The van der Waals surface area contributed by atoms with E-state index < -0.39 is 0 Å². The summed E-state index contributed by atoms with van der Waals surface area (Å²) in [7, 11) is 3.14. The summed E-state index contributed by atoms with van der Waals surface area (Å²) in [6.07, 6.45) is 3.20. The molecule has 6 heteroatoms. The first-order valence-electron chi connectivity index (χ1n) is 9.73. The number of aromatic nitrogens is 2. The van der Waals surface area contributed by atoms with Gasteiger partial charge in [-0.2, -0.15) is 0 Å². The number of nitrogens with zero attached hydrogens (tertiary/aromatic N) is 2. The predicted octanol–water partition coefficient (Wildman–Crippen LogP) is 5.14. The summed E-state index contributed by atoms with van der Waals surface area (Å²) in [4.78, 5) is 17.6. The van der Waals surface area contributed by atoms with E-state index in [1.54, 1.807) is 44.6 Å². The molecule has 0 aliphatic heterocycles. The molecule has 3 aromatic carbocycles. The lowest BCUT2D eigenvalue weighted by molar-refractivity contribution is 0.103. The number of hydrogen-bond acceptors (Lipinski definition) is 4. The van der Waals surface area contributed by atoms with Gasteiger partial charge >= 0.3 is 0 Å².